The van der Waals surface area contributed by atoms with Crippen molar-refractivity contribution >= 4 is 5.91 Å². The molecule has 0 unspecified atom stereocenters. The Balaban J connectivity index is 1.89. The zero-order valence-corrected chi connectivity index (χ0v) is 12.7. The van der Waals surface area contributed by atoms with Gasteiger partial charge in [0.05, 0.1) is 6.04 Å². The highest BCUT2D eigenvalue weighted by molar-refractivity contribution is 5.94. The minimum atomic E-state index is 0.153. The summed E-state index contributed by atoms with van der Waals surface area (Å²) in [5.74, 6) is 0.153. The smallest absolute Gasteiger partial charge is 0.254 e. The first-order valence-electron chi connectivity index (χ1n) is 7.60. The number of hydrogen-bond donors (Lipinski definition) is 0. The van der Waals surface area contributed by atoms with Gasteiger partial charge in [-0.1, -0.05) is 42.0 Å². The molecule has 0 bridgehead atoms. The third-order valence-corrected chi connectivity index (χ3v) is 4.36. The van der Waals surface area contributed by atoms with E-state index in [1.807, 2.05) is 36.1 Å². The second kappa shape index (κ2) is 5.72. The third-order valence-electron chi connectivity index (χ3n) is 4.36. The molecule has 21 heavy (non-hydrogen) atoms. The second-order valence-corrected chi connectivity index (χ2v) is 5.88. The van der Waals surface area contributed by atoms with Crippen molar-refractivity contribution in [2.75, 3.05) is 6.54 Å². The maximum atomic E-state index is 12.8. The molecule has 2 aromatic carbocycles. The third kappa shape index (κ3) is 2.71. The number of carbonyl (C=O) groups is 1. The summed E-state index contributed by atoms with van der Waals surface area (Å²) in [6.07, 6.45) is 2.14. The first kappa shape index (κ1) is 13.9. The molecule has 3 rings (SSSR count). The Kier molecular flexibility index (Phi) is 3.78. The van der Waals surface area contributed by atoms with Crippen molar-refractivity contribution in [3.8, 4) is 0 Å². The van der Waals surface area contributed by atoms with Gasteiger partial charge in [-0.05, 0) is 49.9 Å². The van der Waals surface area contributed by atoms with E-state index in [0.29, 0.717) is 0 Å². The van der Waals surface area contributed by atoms with Crippen LogP contribution in [0.25, 0.3) is 0 Å². The Morgan fingerprint density at radius 3 is 2.48 bits per heavy atom. The second-order valence-electron chi connectivity index (χ2n) is 5.88. The lowest BCUT2D eigenvalue weighted by atomic mass is 9.99. The average molecular weight is 279 g/mol. The summed E-state index contributed by atoms with van der Waals surface area (Å²) in [6, 6.07) is 16.5. The molecule has 0 N–H and O–H groups in total. The van der Waals surface area contributed by atoms with E-state index in [4.69, 9.17) is 0 Å². The zero-order chi connectivity index (χ0) is 14.8. The van der Waals surface area contributed by atoms with Crippen LogP contribution in [0.15, 0.2) is 48.5 Å². The molecule has 2 aromatic rings. The van der Waals surface area contributed by atoms with Crippen molar-refractivity contribution in [2.24, 2.45) is 0 Å². The van der Waals surface area contributed by atoms with Crippen LogP contribution in [0.2, 0.25) is 0 Å². The summed E-state index contributed by atoms with van der Waals surface area (Å²) in [7, 11) is 0. The maximum absolute atomic E-state index is 12.8. The van der Waals surface area contributed by atoms with Crippen molar-refractivity contribution in [1.82, 2.24) is 4.90 Å². The first-order valence-corrected chi connectivity index (χ1v) is 7.60. The lowest BCUT2D eigenvalue weighted by Crippen LogP contribution is -2.30. The van der Waals surface area contributed by atoms with Crippen molar-refractivity contribution < 1.29 is 4.79 Å². The number of carbonyl (C=O) groups excluding carboxylic acids is 1. The molecule has 0 aliphatic carbocycles. The molecule has 1 atom stereocenters. The zero-order valence-electron chi connectivity index (χ0n) is 12.7. The standard InChI is InChI=1S/C19H21NO/c1-14-9-11-16(12-10-14)19(21)20-13-5-8-18(20)17-7-4-3-6-15(17)2/h3-4,6-7,9-12,18H,5,8,13H2,1-2H3/t18-/m1/s1. The maximum Gasteiger partial charge on any atom is 0.254 e. The highest BCUT2D eigenvalue weighted by Crippen LogP contribution is 2.34. The van der Waals surface area contributed by atoms with Gasteiger partial charge < -0.3 is 4.90 Å². The predicted octanol–water partition coefficient (Wildman–Crippen LogP) is 4.28. The van der Waals surface area contributed by atoms with Crippen molar-refractivity contribution in [1.29, 1.82) is 0 Å². The van der Waals surface area contributed by atoms with Crippen LogP contribution in [-0.2, 0) is 0 Å². The highest BCUT2D eigenvalue weighted by atomic mass is 16.2. The van der Waals surface area contributed by atoms with Crippen LogP contribution in [0.5, 0.6) is 0 Å². The monoisotopic (exact) mass is 279 g/mol. The summed E-state index contributed by atoms with van der Waals surface area (Å²) in [5.41, 5.74) is 4.53. The topological polar surface area (TPSA) is 20.3 Å². The summed E-state index contributed by atoms with van der Waals surface area (Å²) in [6.45, 7) is 5.02. The molecule has 1 fully saturated rings. The predicted molar refractivity (Wildman–Crippen MR) is 85.4 cm³/mol. The van der Waals surface area contributed by atoms with Gasteiger partial charge in [0.15, 0.2) is 0 Å². The molecule has 2 heteroatoms. The molecule has 0 aromatic heterocycles. The number of rotatable bonds is 2. The van der Waals surface area contributed by atoms with Crippen LogP contribution >= 0.6 is 0 Å². The van der Waals surface area contributed by atoms with E-state index in [1.54, 1.807) is 0 Å². The van der Waals surface area contributed by atoms with Crippen molar-refractivity contribution in [3.63, 3.8) is 0 Å². The summed E-state index contributed by atoms with van der Waals surface area (Å²) in [5, 5.41) is 0. The van der Waals surface area contributed by atoms with Gasteiger partial charge >= 0.3 is 0 Å². The van der Waals surface area contributed by atoms with E-state index in [1.165, 1.54) is 16.7 Å². The molecule has 108 valence electrons. The van der Waals surface area contributed by atoms with Gasteiger partial charge in [-0.3, -0.25) is 4.79 Å². The molecular formula is C19H21NO. The van der Waals surface area contributed by atoms with Crippen LogP contribution in [0.4, 0.5) is 0 Å². The number of benzene rings is 2. The fourth-order valence-corrected chi connectivity index (χ4v) is 3.16. The Hall–Kier alpha value is -2.09. The number of nitrogens with zero attached hydrogens (tertiary/aromatic N) is 1. The van der Waals surface area contributed by atoms with Gasteiger partial charge in [0.2, 0.25) is 0 Å². The molecule has 0 radical (unpaired) electrons. The highest BCUT2D eigenvalue weighted by Gasteiger charge is 2.31. The minimum absolute atomic E-state index is 0.153. The van der Waals surface area contributed by atoms with E-state index in [2.05, 4.69) is 31.2 Å². The van der Waals surface area contributed by atoms with Gasteiger partial charge in [0, 0.05) is 12.1 Å². The lowest BCUT2D eigenvalue weighted by Gasteiger charge is -2.26. The fraction of sp³-hybridized carbons (Fsp3) is 0.316. The summed E-state index contributed by atoms with van der Waals surface area (Å²) in [4.78, 5) is 14.8. The molecule has 1 heterocycles. The van der Waals surface area contributed by atoms with Gasteiger partial charge in [-0.15, -0.1) is 0 Å². The molecule has 1 saturated heterocycles. The Labute approximate surface area is 126 Å². The van der Waals surface area contributed by atoms with E-state index >= 15 is 0 Å². The van der Waals surface area contributed by atoms with Crippen LogP contribution in [0, 0.1) is 13.8 Å². The van der Waals surface area contributed by atoms with Gasteiger partial charge in [0.1, 0.15) is 0 Å². The Bertz CT molecular complexity index is 645. The molecule has 2 nitrogen and oxygen atoms in total. The van der Waals surface area contributed by atoms with Crippen molar-refractivity contribution in [3.05, 3.63) is 70.8 Å². The molecule has 1 amide bonds. The quantitative estimate of drug-likeness (QED) is 0.803. The van der Waals surface area contributed by atoms with Gasteiger partial charge in [-0.2, -0.15) is 0 Å². The van der Waals surface area contributed by atoms with Crippen LogP contribution in [-0.4, -0.2) is 17.4 Å². The first-order chi connectivity index (χ1) is 10.2. The lowest BCUT2D eigenvalue weighted by molar-refractivity contribution is 0.0735. The van der Waals surface area contributed by atoms with E-state index in [0.717, 1.165) is 24.9 Å². The molecule has 1 aliphatic rings. The summed E-state index contributed by atoms with van der Waals surface area (Å²) < 4.78 is 0. The number of amides is 1. The molecular weight excluding hydrogens is 258 g/mol. The molecule has 1 aliphatic heterocycles. The van der Waals surface area contributed by atoms with Crippen LogP contribution in [0.1, 0.15) is 45.9 Å². The molecule has 0 saturated carbocycles. The van der Waals surface area contributed by atoms with E-state index in [9.17, 15) is 4.79 Å². The number of hydrogen-bond acceptors (Lipinski definition) is 1. The van der Waals surface area contributed by atoms with E-state index in [-0.39, 0.29) is 11.9 Å². The summed E-state index contributed by atoms with van der Waals surface area (Å²) >= 11 is 0. The van der Waals surface area contributed by atoms with Crippen LogP contribution < -0.4 is 0 Å². The number of aryl methyl sites for hydroxylation is 2. The SMILES string of the molecule is Cc1ccc(C(=O)N2CCC[C@@H]2c2ccccc2C)cc1. The van der Waals surface area contributed by atoms with Crippen molar-refractivity contribution in [2.45, 2.75) is 32.7 Å². The Morgan fingerprint density at radius 1 is 1.05 bits per heavy atom. The fourth-order valence-electron chi connectivity index (χ4n) is 3.16. The average Bonchev–Trinajstić information content (AvgIpc) is 2.97. The molecule has 0 spiro atoms. The Morgan fingerprint density at radius 2 is 1.76 bits per heavy atom. The number of likely N-dealkylation sites (tertiary alicyclic amines) is 1. The minimum Gasteiger partial charge on any atom is -0.332 e. The normalized spacial score (nSPS) is 18.0. The largest absolute Gasteiger partial charge is 0.332 e. The van der Waals surface area contributed by atoms with Gasteiger partial charge in [-0.25, -0.2) is 0 Å². The van der Waals surface area contributed by atoms with E-state index < -0.39 is 0 Å². The van der Waals surface area contributed by atoms with Gasteiger partial charge in [0.25, 0.3) is 5.91 Å². The van der Waals surface area contributed by atoms with Crippen LogP contribution in [0.3, 0.4) is 0 Å².